The molecule has 8 nitrogen and oxygen atoms in total. The van der Waals surface area contributed by atoms with Crippen molar-refractivity contribution in [2.45, 2.75) is 25.7 Å². The van der Waals surface area contributed by atoms with Gasteiger partial charge in [-0.25, -0.2) is 8.42 Å². The maximum Gasteiger partial charge on any atom is 0.247 e. The van der Waals surface area contributed by atoms with E-state index >= 15 is 0 Å². The predicted molar refractivity (Wildman–Crippen MR) is 159 cm³/mol. The van der Waals surface area contributed by atoms with Gasteiger partial charge in [0.25, 0.3) is 0 Å². The Balaban J connectivity index is 1.69. The molecule has 0 aliphatic heterocycles. The summed E-state index contributed by atoms with van der Waals surface area (Å²) in [6, 6.07) is 29.3. The number of carbonyl (C=O) groups excluding carboxylic acids is 2. The molecule has 4 rings (SSSR count). The average molecular weight is 591 g/mol. The van der Waals surface area contributed by atoms with Crippen molar-refractivity contribution in [3.8, 4) is 0 Å². The van der Waals surface area contributed by atoms with Gasteiger partial charge in [-0.05, 0) is 41.0 Å². The Hall–Kier alpha value is -4.05. The number of pyridine rings is 1. The van der Waals surface area contributed by atoms with Crippen LogP contribution in [0.5, 0.6) is 0 Å². The third-order valence-corrected chi connectivity index (χ3v) is 7.86. The number of hydrogen-bond donors (Lipinski definition) is 1. The molecule has 212 valence electrons. The molecule has 1 heterocycles. The van der Waals surface area contributed by atoms with E-state index in [9.17, 15) is 18.0 Å². The largest absolute Gasteiger partial charge is 0.348 e. The zero-order valence-electron chi connectivity index (χ0n) is 22.6. The minimum atomic E-state index is -3.77. The highest BCUT2D eigenvalue weighted by Gasteiger charge is 2.33. The molecule has 0 bridgehead atoms. The van der Waals surface area contributed by atoms with Gasteiger partial charge < -0.3 is 10.2 Å². The molecule has 0 unspecified atom stereocenters. The van der Waals surface area contributed by atoms with Crippen LogP contribution in [0.1, 0.15) is 28.4 Å². The Kier molecular flexibility index (Phi) is 10.2. The standard InChI is InChI=1S/C31H31ClN4O4S/c1-41(39,40)35(21-24-10-4-2-5-11-24)23-29(37)36(22-25-15-17-27(32)18-16-25)30(26-12-6-3-7-13-26)31(38)34-20-28-14-8-9-19-33-28/h2-19,30H,20-23H2,1H3,(H,34,38)/t30-/m1/s1. The van der Waals surface area contributed by atoms with E-state index in [2.05, 4.69) is 10.3 Å². The first kappa shape index (κ1) is 29.9. The summed E-state index contributed by atoms with van der Waals surface area (Å²) in [7, 11) is -3.77. The van der Waals surface area contributed by atoms with E-state index in [4.69, 9.17) is 11.6 Å². The Morgan fingerprint density at radius 2 is 1.44 bits per heavy atom. The average Bonchev–Trinajstić information content (AvgIpc) is 2.97. The van der Waals surface area contributed by atoms with Crippen LogP contribution in [-0.2, 0) is 39.2 Å². The Bertz CT molecular complexity index is 1540. The van der Waals surface area contributed by atoms with Crippen molar-refractivity contribution in [2.24, 2.45) is 0 Å². The van der Waals surface area contributed by atoms with Crippen LogP contribution in [0.2, 0.25) is 5.02 Å². The van der Waals surface area contributed by atoms with E-state index in [-0.39, 0.29) is 19.6 Å². The summed E-state index contributed by atoms with van der Waals surface area (Å²) in [5, 5.41) is 3.44. The van der Waals surface area contributed by atoms with E-state index in [0.717, 1.165) is 21.7 Å². The quantitative estimate of drug-likeness (QED) is 0.260. The van der Waals surface area contributed by atoms with Crippen LogP contribution < -0.4 is 5.32 Å². The first-order chi connectivity index (χ1) is 19.7. The van der Waals surface area contributed by atoms with Gasteiger partial charge in [0, 0.05) is 24.3 Å². The number of halogens is 1. The van der Waals surface area contributed by atoms with E-state index in [0.29, 0.717) is 16.3 Å². The van der Waals surface area contributed by atoms with Crippen molar-refractivity contribution in [1.29, 1.82) is 0 Å². The summed E-state index contributed by atoms with van der Waals surface area (Å²) in [5.41, 5.74) is 2.72. The number of sulfonamides is 1. The fraction of sp³-hybridized carbons (Fsp3) is 0.194. The van der Waals surface area contributed by atoms with Crippen LogP contribution in [0.25, 0.3) is 0 Å². The SMILES string of the molecule is CS(=O)(=O)N(CC(=O)N(Cc1ccc(Cl)cc1)[C@@H](C(=O)NCc1ccccn1)c1ccccc1)Cc1ccccc1. The summed E-state index contributed by atoms with van der Waals surface area (Å²) in [6.07, 6.45) is 2.71. The predicted octanol–water partition coefficient (Wildman–Crippen LogP) is 4.58. The van der Waals surface area contributed by atoms with Gasteiger partial charge in [0.1, 0.15) is 6.04 Å². The van der Waals surface area contributed by atoms with E-state index in [1.807, 2.05) is 30.3 Å². The van der Waals surface area contributed by atoms with Gasteiger partial charge in [-0.2, -0.15) is 4.31 Å². The fourth-order valence-electron chi connectivity index (χ4n) is 4.31. The second-order valence-electron chi connectivity index (χ2n) is 9.52. The molecule has 0 aliphatic rings. The molecule has 2 amide bonds. The van der Waals surface area contributed by atoms with Crippen LogP contribution >= 0.6 is 11.6 Å². The molecule has 1 atom stereocenters. The number of nitrogens with one attached hydrogen (secondary N) is 1. The maximum atomic E-state index is 14.1. The molecule has 0 fully saturated rings. The van der Waals surface area contributed by atoms with Gasteiger partial charge in [0.15, 0.2) is 0 Å². The highest BCUT2D eigenvalue weighted by Crippen LogP contribution is 2.25. The third-order valence-electron chi connectivity index (χ3n) is 6.41. The van der Waals surface area contributed by atoms with Crippen LogP contribution in [0, 0.1) is 0 Å². The second-order valence-corrected chi connectivity index (χ2v) is 11.9. The Morgan fingerprint density at radius 1 is 0.829 bits per heavy atom. The molecule has 10 heteroatoms. The van der Waals surface area contributed by atoms with Crippen LogP contribution in [0.4, 0.5) is 0 Å². The molecule has 4 aromatic rings. The van der Waals surface area contributed by atoms with Crippen molar-refractivity contribution in [1.82, 2.24) is 19.5 Å². The molecule has 0 radical (unpaired) electrons. The summed E-state index contributed by atoms with van der Waals surface area (Å²) in [4.78, 5) is 33.5. The molecule has 0 aliphatic carbocycles. The first-order valence-corrected chi connectivity index (χ1v) is 15.2. The Morgan fingerprint density at radius 3 is 2.05 bits per heavy atom. The smallest absolute Gasteiger partial charge is 0.247 e. The number of nitrogens with zero attached hydrogens (tertiary/aromatic N) is 3. The van der Waals surface area contributed by atoms with Crippen LogP contribution in [0.15, 0.2) is 109 Å². The molecule has 3 aromatic carbocycles. The molecule has 1 aromatic heterocycles. The summed E-state index contributed by atoms with van der Waals surface area (Å²) in [6.45, 7) is -0.217. The topological polar surface area (TPSA) is 99.7 Å². The van der Waals surface area contributed by atoms with Crippen molar-refractivity contribution >= 4 is 33.4 Å². The van der Waals surface area contributed by atoms with Gasteiger partial charge in [0.2, 0.25) is 21.8 Å². The molecule has 41 heavy (non-hydrogen) atoms. The molecule has 0 saturated carbocycles. The number of carbonyl (C=O) groups is 2. The third kappa shape index (κ3) is 8.72. The van der Waals surface area contributed by atoms with E-state index < -0.39 is 34.4 Å². The van der Waals surface area contributed by atoms with E-state index in [1.165, 1.54) is 4.90 Å². The molecular weight excluding hydrogens is 560 g/mol. The van der Waals surface area contributed by atoms with Gasteiger partial charge in [-0.3, -0.25) is 14.6 Å². The molecule has 0 saturated heterocycles. The lowest BCUT2D eigenvalue weighted by Crippen LogP contribution is -2.47. The lowest BCUT2D eigenvalue weighted by molar-refractivity contribution is -0.141. The summed E-state index contributed by atoms with van der Waals surface area (Å²) >= 11 is 6.09. The minimum absolute atomic E-state index is 0.0159. The number of aromatic nitrogens is 1. The Labute approximate surface area is 245 Å². The molecule has 0 spiro atoms. The van der Waals surface area contributed by atoms with Gasteiger partial charge >= 0.3 is 0 Å². The van der Waals surface area contributed by atoms with E-state index in [1.54, 1.807) is 79.0 Å². The van der Waals surface area contributed by atoms with Crippen molar-refractivity contribution in [3.05, 3.63) is 137 Å². The summed E-state index contributed by atoms with van der Waals surface area (Å²) in [5.74, 6) is -0.943. The first-order valence-electron chi connectivity index (χ1n) is 13.0. The number of amides is 2. The fourth-order valence-corrected chi connectivity index (χ4v) is 5.17. The van der Waals surface area contributed by atoms with Gasteiger partial charge in [0.05, 0.1) is 25.0 Å². The van der Waals surface area contributed by atoms with Crippen molar-refractivity contribution < 1.29 is 18.0 Å². The van der Waals surface area contributed by atoms with Crippen LogP contribution in [0.3, 0.4) is 0 Å². The lowest BCUT2D eigenvalue weighted by Gasteiger charge is -2.33. The zero-order valence-corrected chi connectivity index (χ0v) is 24.1. The number of rotatable bonds is 12. The van der Waals surface area contributed by atoms with Gasteiger partial charge in [-0.1, -0.05) is 90.5 Å². The highest BCUT2D eigenvalue weighted by atomic mass is 35.5. The van der Waals surface area contributed by atoms with Crippen LogP contribution in [-0.4, -0.2) is 47.2 Å². The highest BCUT2D eigenvalue weighted by molar-refractivity contribution is 7.88. The van der Waals surface area contributed by atoms with Crippen molar-refractivity contribution in [3.63, 3.8) is 0 Å². The second kappa shape index (κ2) is 14.0. The maximum absolute atomic E-state index is 14.1. The molecular formula is C31H31ClN4O4S. The van der Waals surface area contributed by atoms with Gasteiger partial charge in [-0.15, -0.1) is 0 Å². The number of benzene rings is 3. The lowest BCUT2D eigenvalue weighted by atomic mass is 10.0. The molecule has 1 N–H and O–H groups in total. The normalized spacial score (nSPS) is 12.1. The number of hydrogen-bond acceptors (Lipinski definition) is 5. The monoisotopic (exact) mass is 590 g/mol. The van der Waals surface area contributed by atoms with Crippen molar-refractivity contribution in [2.75, 3.05) is 12.8 Å². The summed E-state index contributed by atoms with van der Waals surface area (Å²) < 4.78 is 26.7. The minimum Gasteiger partial charge on any atom is -0.348 e. The zero-order chi connectivity index (χ0) is 29.2.